The number of halogens is 1. The Morgan fingerprint density at radius 2 is 1.64 bits per heavy atom. The molecule has 0 aliphatic carbocycles. The molecular weight excluding hydrogens is 305 g/mol. The van der Waals surface area contributed by atoms with Gasteiger partial charge in [-0.1, -0.05) is 6.92 Å². The summed E-state index contributed by atoms with van der Waals surface area (Å²) in [6.07, 6.45) is 1.22. The zero-order valence-corrected chi connectivity index (χ0v) is 12.9. The van der Waals surface area contributed by atoms with E-state index in [1.165, 1.54) is 24.3 Å². The van der Waals surface area contributed by atoms with E-state index in [9.17, 15) is 17.6 Å². The van der Waals surface area contributed by atoms with Crippen molar-refractivity contribution in [3.63, 3.8) is 0 Å². The molecule has 0 spiro atoms. The Kier molecular flexibility index (Phi) is 4.92. The van der Waals surface area contributed by atoms with Crippen LogP contribution >= 0.6 is 0 Å². The van der Waals surface area contributed by atoms with Gasteiger partial charge in [0.2, 0.25) is 0 Å². The molecule has 0 aromatic heterocycles. The number of anilines is 1. The van der Waals surface area contributed by atoms with Crippen LogP contribution in [0.2, 0.25) is 0 Å². The molecule has 2 rings (SSSR count). The van der Waals surface area contributed by atoms with Gasteiger partial charge in [-0.25, -0.2) is 12.8 Å². The monoisotopic (exact) mass is 321 g/mol. The molecular formula is C16H16FNO3S. The third-order valence-corrected chi connectivity index (χ3v) is 4.46. The summed E-state index contributed by atoms with van der Waals surface area (Å²) in [6, 6.07) is 10.8. The molecule has 22 heavy (non-hydrogen) atoms. The lowest BCUT2D eigenvalue weighted by atomic mass is 10.1. The number of ketones is 1. The third kappa shape index (κ3) is 3.92. The Morgan fingerprint density at radius 3 is 2.18 bits per heavy atom. The molecule has 6 heteroatoms. The third-order valence-electron chi connectivity index (χ3n) is 3.06. The van der Waals surface area contributed by atoms with Crippen molar-refractivity contribution in [1.82, 2.24) is 0 Å². The molecule has 0 fully saturated rings. The van der Waals surface area contributed by atoms with Crippen LogP contribution in [0.25, 0.3) is 0 Å². The summed E-state index contributed by atoms with van der Waals surface area (Å²) >= 11 is 0. The van der Waals surface area contributed by atoms with E-state index in [4.69, 9.17) is 0 Å². The molecule has 0 bridgehead atoms. The van der Waals surface area contributed by atoms with Gasteiger partial charge in [0.15, 0.2) is 5.78 Å². The van der Waals surface area contributed by atoms with Crippen LogP contribution in [0.5, 0.6) is 0 Å². The van der Waals surface area contributed by atoms with E-state index in [-0.39, 0.29) is 10.7 Å². The molecule has 0 radical (unpaired) electrons. The summed E-state index contributed by atoms with van der Waals surface area (Å²) in [6.45, 7) is 1.92. The highest BCUT2D eigenvalue weighted by Gasteiger charge is 2.14. The maximum atomic E-state index is 12.8. The molecule has 2 aromatic carbocycles. The van der Waals surface area contributed by atoms with Crippen LogP contribution in [-0.4, -0.2) is 14.2 Å². The second-order valence-electron chi connectivity index (χ2n) is 4.81. The summed E-state index contributed by atoms with van der Waals surface area (Å²) in [5, 5.41) is 0. The standard InChI is InChI=1S/C16H16FNO3S/c1-2-3-16(19)12-4-8-14(9-5-12)18-22(20,21)15-10-6-13(17)7-11-15/h4-11,18H,2-3H2,1H3. The topological polar surface area (TPSA) is 63.2 Å². The van der Waals surface area contributed by atoms with Crippen LogP contribution in [0.4, 0.5) is 10.1 Å². The number of sulfonamides is 1. The molecule has 0 saturated carbocycles. The highest BCUT2D eigenvalue weighted by atomic mass is 32.2. The lowest BCUT2D eigenvalue weighted by Gasteiger charge is -2.08. The van der Waals surface area contributed by atoms with Crippen molar-refractivity contribution in [2.24, 2.45) is 0 Å². The van der Waals surface area contributed by atoms with Crippen LogP contribution in [0.3, 0.4) is 0 Å². The first-order valence-electron chi connectivity index (χ1n) is 6.84. The number of rotatable bonds is 6. The van der Waals surface area contributed by atoms with Crippen molar-refractivity contribution in [3.05, 3.63) is 59.9 Å². The fourth-order valence-corrected chi connectivity index (χ4v) is 2.98. The summed E-state index contributed by atoms with van der Waals surface area (Å²) in [7, 11) is -3.78. The average Bonchev–Trinajstić information content (AvgIpc) is 2.48. The van der Waals surface area contributed by atoms with Gasteiger partial charge in [0.1, 0.15) is 5.82 Å². The smallest absolute Gasteiger partial charge is 0.261 e. The molecule has 2 aromatic rings. The first-order valence-corrected chi connectivity index (χ1v) is 8.32. The highest BCUT2D eigenvalue weighted by molar-refractivity contribution is 7.92. The SMILES string of the molecule is CCCC(=O)c1ccc(NS(=O)(=O)c2ccc(F)cc2)cc1. The molecule has 116 valence electrons. The maximum absolute atomic E-state index is 12.8. The van der Waals surface area contributed by atoms with Gasteiger partial charge in [0.25, 0.3) is 10.0 Å². The molecule has 4 nitrogen and oxygen atoms in total. The van der Waals surface area contributed by atoms with Gasteiger partial charge in [-0.05, 0) is 55.0 Å². The van der Waals surface area contributed by atoms with Gasteiger partial charge in [-0.15, -0.1) is 0 Å². The number of hydrogen-bond donors (Lipinski definition) is 1. The van der Waals surface area contributed by atoms with Crippen LogP contribution < -0.4 is 4.72 Å². The Bertz CT molecular complexity index is 753. The van der Waals surface area contributed by atoms with E-state index < -0.39 is 15.8 Å². The van der Waals surface area contributed by atoms with E-state index in [0.29, 0.717) is 17.7 Å². The minimum absolute atomic E-state index is 0.0236. The molecule has 0 saturated heterocycles. The first-order chi connectivity index (χ1) is 10.4. The summed E-state index contributed by atoms with van der Waals surface area (Å²) in [5.41, 5.74) is 0.893. The number of carbonyl (C=O) groups is 1. The minimum atomic E-state index is -3.78. The van der Waals surface area contributed by atoms with E-state index in [2.05, 4.69) is 4.72 Å². The van der Waals surface area contributed by atoms with Crippen molar-refractivity contribution in [3.8, 4) is 0 Å². The Morgan fingerprint density at radius 1 is 1.05 bits per heavy atom. The lowest BCUT2D eigenvalue weighted by Crippen LogP contribution is -2.13. The van der Waals surface area contributed by atoms with Gasteiger partial charge in [0.05, 0.1) is 4.90 Å². The van der Waals surface area contributed by atoms with Gasteiger partial charge in [-0.3, -0.25) is 9.52 Å². The quantitative estimate of drug-likeness (QED) is 0.827. The molecule has 1 N–H and O–H groups in total. The zero-order chi connectivity index (χ0) is 16.2. The molecule has 0 unspecified atom stereocenters. The summed E-state index contributed by atoms with van der Waals surface area (Å²) in [5.74, 6) is -0.479. The molecule has 0 atom stereocenters. The fraction of sp³-hybridized carbons (Fsp3) is 0.188. The average molecular weight is 321 g/mol. The van der Waals surface area contributed by atoms with Crippen LogP contribution in [-0.2, 0) is 10.0 Å². The van der Waals surface area contributed by atoms with Crippen LogP contribution in [0, 0.1) is 5.82 Å². The second kappa shape index (κ2) is 6.70. The predicted molar refractivity (Wildman–Crippen MR) is 82.9 cm³/mol. The lowest BCUT2D eigenvalue weighted by molar-refractivity contribution is 0.0982. The first kappa shape index (κ1) is 16.2. The Hall–Kier alpha value is -2.21. The number of benzene rings is 2. The van der Waals surface area contributed by atoms with Gasteiger partial charge in [0, 0.05) is 17.7 Å². The van der Waals surface area contributed by atoms with E-state index in [0.717, 1.165) is 18.6 Å². The van der Waals surface area contributed by atoms with Gasteiger partial charge in [-0.2, -0.15) is 0 Å². The van der Waals surface area contributed by atoms with Gasteiger partial charge >= 0.3 is 0 Å². The normalized spacial score (nSPS) is 11.2. The van der Waals surface area contributed by atoms with Crippen LogP contribution in [0.1, 0.15) is 30.1 Å². The number of nitrogens with one attached hydrogen (secondary N) is 1. The second-order valence-corrected chi connectivity index (χ2v) is 6.49. The van der Waals surface area contributed by atoms with Crippen molar-refractivity contribution >= 4 is 21.5 Å². The van der Waals surface area contributed by atoms with Crippen molar-refractivity contribution < 1.29 is 17.6 Å². The van der Waals surface area contributed by atoms with E-state index in [1.807, 2.05) is 6.92 Å². The Labute approximate surface area is 129 Å². The van der Waals surface area contributed by atoms with E-state index in [1.54, 1.807) is 12.1 Å². The Balaban J connectivity index is 2.16. The summed E-state index contributed by atoms with van der Waals surface area (Å²) in [4.78, 5) is 11.7. The molecule has 0 heterocycles. The number of carbonyl (C=O) groups excluding carboxylic acids is 1. The van der Waals surface area contributed by atoms with Crippen molar-refractivity contribution in [1.29, 1.82) is 0 Å². The highest BCUT2D eigenvalue weighted by Crippen LogP contribution is 2.17. The summed E-state index contributed by atoms with van der Waals surface area (Å²) < 4.78 is 39.5. The zero-order valence-electron chi connectivity index (χ0n) is 12.0. The maximum Gasteiger partial charge on any atom is 0.261 e. The van der Waals surface area contributed by atoms with Crippen LogP contribution in [0.15, 0.2) is 53.4 Å². The predicted octanol–water partition coefficient (Wildman–Crippen LogP) is 3.61. The van der Waals surface area contributed by atoms with E-state index >= 15 is 0 Å². The molecule has 0 aliphatic heterocycles. The number of Topliss-reactive ketones (excluding diaryl/α,β-unsaturated/α-hetero) is 1. The fourth-order valence-electron chi connectivity index (χ4n) is 1.92. The van der Waals surface area contributed by atoms with Crippen molar-refractivity contribution in [2.75, 3.05) is 4.72 Å². The van der Waals surface area contributed by atoms with Crippen molar-refractivity contribution in [2.45, 2.75) is 24.7 Å². The minimum Gasteiger partial charge on any atom is -0.294 e. The molecule has 0 aliphatic rings. The number of hydrogen-bond acceptors (Lipinski definition) is 3. The molecule has 0 amide bonds. The largest absolute Gasteiger partial charge is 0.294 e. The van der Waals surface area contributed by atoms with Gasteiger partial charge < -0.3 is 0 Å².